The van der Waals surface area contributed by atoms with Gasteiger partial charge in [0.25, 0.3) is 0 Å². The Hall–Kier alpha value is -2.46. The Morgan fingerprint density at radius 1 is 1.29 bits per heavy atom. The average molecular weight is 547 g/mol. The number of thioether (sulfide) groups is 1. The second-order valence-corrected chi connectivity index (χ2v) is 10.9. The third kappa shape index (κ3) is 4.98. The van der Waals surface area contributed by atoms with Gasteiger partial charge in [-0.15, -0.1) is 0 Å². The molecule has 2 heterocycles. The van der Waals surface area contributed by atoms with Gasteiger partial charge in [-0.3, -0.25) is 4.79 Å². The Balaban J connectivity index is 1.77. The maximum absolute atomic E-state index is 13.9. The van der Waals surface area contributed by atoms with E-state index in [2.05, 4.69) is 46.8 Å². The first-order valence-corrected chi connectivity index (χ1v) is 13.1. The Labute approximate surface area is 211 Å². The van der Waals surface area contributed by atoms with Gasteiger partial charge in [0, 0.05) is 21.4 Å². The number of halogens is 1. The molecule has 2 aromatic heterocycles. The van der Waals surface area contributed by atoms with Crippen LogP contribution in [0.1, 0.15) is 90.0 Å². The molecule has 0 amide bonds. The van der Waals surface area contributed by atoms with Crippen LogP contribution in [-0.4, -0.2) is 44.5 Å². The second-order valence-electron chi connectivity index (χ2n) is 9.23. The van der Waals surface area contributed by atoms with Gasteiger partial charge in [0.15, 0.2) is 22.5 Å². The molecule has 0 radical (unpaired) electrons. The number of esters is 1. The summed E-state index contributed by atoms with van der Waals surface area (Å²) in [5.74, 6) is 0.328. The van der Waals surface area contributed by atoms with Crippen LogP contribution in [0, 0.1) is 0 Å². The van der Waals surface area contributed by atoms with Crippen LogP contribution in [0.15, 0.2) is 32.4 Å². The Kier molecular flexibility index (Phi) is 7.00. The molecule has 0 spiro atoms. The minimum atomic E-state index is -0.657. The molecule has 0 bridgehead atoms. The molecule has 1 aliphatic rings. The number of hydrogen-bond acceptors (Lipinski definition) is 8. The maximum Gasteiger partial charge on any atom is 0.361 e. The van der Waals surface area contributed by atoms with Crippen molar-refractivity contribution in [2.45, 2.75) is 63.6 Å². The first-order valence-electron chi connectivity index (χ1n) is 11.1. The molecule has 0 N–H and O–H groups in total. The lowest BCUT2D eigenvalue weighted by Gasteiger charge is -2.13. The number of ether oxygens (including phenoxy) is 1. The van der Waals surface area contributed by atoms with Gasteiger partial charge in [0.2, 0.25) is 5.69 Å². The van der Waals surface area contributed by atoms with Crippen molar-refractivity contribution in [2.75, 3.05) is 12.9 Å². The molecule has 0 unspecified atom stereocenters. The first-order chi connectivity index (χ1) is 16.1. The number of aromatic nitrogens is 4. The zero-order valence-electron chi connectivity index (χ0n) is 19.8. The Bertz CT molecular complexity index is 1240. The van der Waals surface area contributed by atoms with Crippen molar-refractivity contribution >= 4 is 39.4 Å². The first kappa shape index (κ1) is 24.7. The highest BCUT2D eigenvalue weighted by Gasteiger charge is 2.38. The van der Waals surface area contributed by atoms with Gasteiger partial charge < -0.3 is 9.26 Å². The van der Waals surface area contributed by atoms with Crippen molar-refractivity contribution < 1.29 is 18.8 Å². The molecular weight excluding hydrogens is 520 g/mol. The highest BCUT2D eigenvalue weighted by Crippen LogP contribution is 2.43. The summed E-state index contributed by atoms with van der Waals surface area (Å²) < 4.78 is 13.3. The number of hydrogen-bond donors (Lipinski definition) is 0. The summed E-state index contributed by atoms with van der Waals surface area (Å²) in [6, 6.07) is 5.45. The monoisotopic (exact) mass is 546 g/mol. The Morgan fingerprint density at radius 2 is 2.03 bits per heavy atom. The summed E-state index contributed by atoms with van der Waals surface area (Å²) in [6.07, 6.45) is 3.75. The fourth-order valence-electron chi connectivity index (χ4n) is 3.60. The highest BCUT2D eigenvalue weighted by molar-refractivity contribution is 9.10. The molecule has 10 heteroatoms. The molecule has 1 saturated carbocycles. The van der Waals surface area contributed by atoms with E-state index in [1.807, 2.05) is 23.1 Å². The van der Waals surface area contributed by atoms with E-state index in [1.54, 1.807) is 13.0 Å². The van der Waals surface area contributed by atoms with Gasteiger partial charge in [-0.2, -0.15) is 5.10 Å². The van der Waals surface area contributed by atoms with E-state index in [9.17, 15) is 9.59 Å². The summed E-state index contributed by atoms with van der Waals surface area (Å²) in [7, 11) is 0. The molecule has 3 aromatic rings. The fourth-order valence-corrected chi connectivity index (χ4v) is 4.50. The van der Waals surface area contributed by atoms with Crippen LogP contribution in [-0.2, 0) is 16.7 Å². The maximum atomic E-state index is 13.9. The topological polar surface area (TPSA) is 100 Å². The third-order valence-corrected chi connectivity index (χ3v) is 6.65. The average Bonchev–Trinajstić information content (AvgIpc) is 3.38. The van der Waals surface area contributed by atoms with Crippen molar-refractivity contribution in [2.24, 2.45) is 0 Å². The molecule has 8 nitrogen and oxygen atoms in total. The van der Waals surface area contributed by atoms with Gasteiger partial charge in [0.05, 0.1) is 13.2 Å². The number of rotatable bonds is 8. The van der Waals surface area contributed by atoms with Crippen LogP contribution >= 0.6 is 27.7 Å². The van der Waals surface area contributed by atoms with E-state index in [-0.39, 0.29) is 35.0 Å². The van der Waals surface area contributed by atoms with Crippen LogP contribution < -0.4 is 0 Å². The minimum Gasteiger partial charge on any atom is -0.461 e. The van der Waals surface area contributed by atoms with Crippen molar-refractivity contribution in [1.82, 2.24) is 19.9 Å². The third-order valence-electron chi connectivity index (χ3n) is 5.49. The molecule has 1 fully saturated rings. The van der Waals surface area contributed by atoms with Crippen molar-refractivity contribution in [3.05, 3.63) is 56.6 Å². The molecule has 34 heavy (non-hydrogen) atoms. The molecule has 1 aliphatic carbocycles. The summed E-state index contributed by atoms with van der Waals surface area (Å²) in [5.41, 5.74) is 1.13. The molecule has 0 atom stereocenters. The van der Waals surface area contributed by atoms with Gasteiger partial charge in [0.1, 0.15) is 5.56 Å². The summed E-state index contributed by atoms with van der Waals surface area (Å²) in [6.45, 7) is 8.43. The van der Waals surface area contributed by atoms with Crippen LogP contribution in [0.3, 0.4) is 0 Å². The van der Waals surface area contributed by atoms with Crippen molar-refractivity contribution in [3.8, 4) is 0 Å². The van der Waals surface area contributed by atoms with Crippen LogP contribution in [0.25, 0.3) is 0 Å². The van der Waals surface area contributed by atoms with E-state index >= 15 is 0 Å². The standard InChI is InChI=1S/C24H27BrN4O4S/c1-6-32-21(31)18-17(20(33-28-18)13-7-8-13)19(30)16-10-9-15(25)11-14(16)12-29-23(34-5)26-22(27-29)24(2,3)4/h9-11,13H,6-8,12H2,1-5H3. The molecular formula is C24H27BrN4O4S. The SMILES string of the molecule is CCOC(=O)c1noc(C2CC2)c1C(=O)c1ccc(Br)cc1Cn1nc(C(C)(C)C)nc1SC. The van der Waals surface area contributed by atoms with Gasteiger partial charge in [-0.1, -0.05) is 53.6 Å². The summed E-state index contributed by atoms with van der Waals surface area (Å²) in [4.78, 5) is 31.1. The quantitative estimate of drug-likeness (QED) is 0.211. The zero-order valence-corrected chi connectivity index (χ0v) is 22.2. The van der Waals surface area contributed by atoms with Crippen molar-refractivity contribution in [3.63, 3.8) is 0 Å². The number of nitrogens with zero attached hydrogens (tertiary/aromatic N) is 4. The normalized spacial score (nSPS) is 13.8. The summed E-state index contributed by atoms with van der Waals surface area (Å²) >= 11 is 5.02. The zero-order chi connectivity index (χ0) is 24.6. The van der Waals surface area contributed by atoms with E-state index < -0.39 is 5.97 Å². The van der Waals surface area contributed by atoms with Crippen LogP contribution in [0.4, 0.5) is 0 Å². The van der Waals surface area contributed by atoms with E-state index in [0.717, 1.165) is 33.9 Å². The van der Waals surface area contributed by atoms with E-state index in [1.165, 1.54) is 11.8 Å². The number of carbonyl (C=O) groups excluding carboxylic acids is 2. The predicted molar refractivity (Wildman–Crippen MR) is 132 cm³/mol. The fraction of sp³-hybridized carbons (Fsp3) is 0.458. The molecule has 1 aromatic carbocycles. The largest absolute Gasteiger partial charge is 0.461 e. The summed E-state index contributed by atoms with van der Waals surface area (Å²) in [5, 5.41) is 9.40. The number of ketones is 1. The lowest BCUT2D eigenvalue weighted by Crippen LogP contribution is -2.16. The van der Waals surface area contributed by atoms with Crippen LogP contribution in [0.5, 0.6) is 0 Å². The smallest absolute Gasteiger partial charge is 0.361 e. The van der Waals surface area contributed by atoms with E-state index in [0.29, 0.717) is 17.9 Å². The molecule has 0 saturated heterocycles. The van der Waals surface area contributed by atoms with Gasteiger partial charge in [-0.25, -0.2) is 14.5 Å². The Morgan fingerprint density at radius 3 is 2.65 bits per heavy atom. The van der Waals surface area contributed by atoms with E-state index in [4.69, 9.17) is 14.4 Å². The van der Waals surface area contributed by atoms with Gasteiger partial charge >= 0.3 is 5.97 Å². The van der Waals surface area contributed by atoms with Gasteiger partial charge in [-0.05, 0) is 49.8 Å². The molecule has 180 valence electrons. The van der Waals surface area contributed by atoms with Crippen LogP contribution in [0.2, 0.25) is 0 Å². The van der Waals surface area contributed by atoms with Crippen molar-refractivity contribution in [1.29, 1.82) is 0 Å². The highest BCUT2D eigenvalue weighted by atomic mass is 79.9. The molecule has 0 aliphatic heterocycles. The lowest BCUT2D eigenvalue weighted by molar-refractivity contribution is 0.0512. The predicted octanol–water partition coefficient (Wildman–Crippen LogP) is 5.38. The molecule has 4 rings (SSSR count). The minimum absolute atomic E-state index is 0.0665. The lowest BCUT2D eigenvalue weighted by atomic mass is 9.95. The number of carbonyl (C=O) groups is 2. The second kappa shape index (κ2) is 9.65. The number of benzene rings is 1.